The van der Waals surface area contributed by atoms with Crippen LogP contribution in [0.15, 0.2) is 41.3 Å². The van der Waals surface area contributed by atoms with Gasteiger partial charge in [-0.25, -0.2) is 17.5 Å². The lowest BCUT2D eigenvalue weighted by atomic mass is 9.88. The minimum atomic E-state index is -3.71. The molecule has 0 aromatic heterocycles. The number of hydrogen-bond acceptors (Lipinski definition) is 3. The van der Waals surface area contributed by atoms with Crippen LogP contribution in [0.3, 0.4) is 0 Å². The first kappa shape index (κ1) is 16.9. The molecule has 1 atom stereocenters. The third-order valence-electron chi connectivity index (χ3n) is 4.39. The van der Waals surface area contributed by atoms with Crippen LogP contribution < -0.4 is 9.46 Å². The SMILES string of the molecule is COc1ccc2c(c1)CCC[C@@H]2NS(=O)(=O)c1ccc(F)cc1C. The zero-order chi connectivity index (χ0) is 17.3. The van der Waals surface area contributed by atoms with Crippen LogP contribution in [0, 0.1) is 12.7 Å². The summed E-state index contributed by atoms with van der Waals surface area (Å²) in [6, 6.07) is 9.14. The average Bonchev–Trinajstić information content (AvgIpc) is 2.54. The molecular weight excluding hydrogens is 329 g/mol. The van der Waals surface area contributed by atoms with Crippen molar-refractivity contribution in [2.45, 2.75) is 37.1 Å². The van der Waals surface area contributed by atoms with E-state index in [1.165, 1.54) is 18.2 Å². The molecule has 0 heterocycles. The van der Waals surface area contributed by atoms with Gasteiger partial charge in [0.2, 0.25) is 10.0 Å². The van der Waals surface area contributed by atoms with Gasteiger partial charge in [0.25, 0.3) is 0 Å². The van der Waals surface area contributed by atoms with E-state index in [-0.39, 0.29) is 10.9 Å². The topological polar surface area (TPSA) is 55.4 Å². The molecule has 0 saturated heterocycles. The first-order valence-electron chi connectivity index (χ1n) is 7.86. The molecule has 0 unspecified atom stereocenters. The van der Waals surface area contributed by atoms with E-state index >= 15 is 0 Å². The van der Waals surface area contributed by atoms with E-state index in [1.54, 1.807) is 14.0 Å². The number of ether oxygens (including phenoxy) is 1. The minimum absolute atomic E-state index is 0.115. The van der Waals surface area contributed by atoms with E-state index in [4.69, 9.17) is 4.74 Å². The lowest BCUT2D eigenvalue weighted by Crippen LogP contribution is -2.31. The van der Waals surface area contributed by atoms with Crippen LogP contribution in [0.1, 0.15) is 35.6 Å². The predicted molar refractivity (Wildman–Crippen MR) is 90.1 cm³/mol. The van der Waals surface area contributed by atoms with Crippen molar-refractivity contribution >= 4 is 10.0 Å². The van der Waals surface area contributed by atoms with Crippen LogP contribution in [-0.2, 0) is 16.4 Å². The molecule has 0 radical (unpaired) electrons. The molecule has 0 spiro atoms. The number of methoxy groups -OCH3 is 1. The van der Waals surface area contributed by atoms with Crippen molar-refractivity contribution in [1.29, 1.82) is 0 Å². The van der Waals surface area contributed by atoms with Gasteiger partial charge in [-0.2, -0.15) is 0 Å². The van der Waals surface area contributed by atoms with Crippen molar-refractivity contribution in [3.63, 3.8) is 0 Å². The second-order valence-corrected chi connectivity index (χ2v) is 7.72. The molecule has 0 aliphatic heterocycles. The number of nitrogens with one attached hydrogen (secondary N) is 1. The Morgan fingerprint density at radius 3 is 2.71 bits per heavy atom. The monoisotopic (exact) mass is 349 g/mol. The highest BCUT2D eigenvalue weighted by atomic mass is 32.2. The Hall–Kier alpha value is -1.92. The third kappa shape index (κ3) is 3.30. The van der Waals surface area contributed by atoms with Gasteiger partial charge < -0.3 is 4.74 Å². The molecule has 1 aliphatic carbocycles. The van der Waals surface area contributed by atoms with E-state index in [0.29, 0.717) is 5.56 Å². The summed E-state index contributed by atoms with van der Waals surface area (Å²) in [5, 5.41) is 0. The van der Waals surface area contributed by atoms with Crippen LogP contribution in [0.25, 0.3) is 0 Å². The summed E-state index contributed by atoms with van der Waals surface area (Å²) in [5.41, 5.74) is 2.47. The average molecular weight is 349 g/mol. The van der Waals surface area contributed by atoms with Crippen molar-refractivity contribution < 1.29 is 17.5 Å². The normalized spacial score (nSPS) is 17.4. The highest BCUT2D eigenvalue weighted by Gasteiger charge is 2.27. The van der Waals surface area contributed by atoms with E-state index in [9.17, 15) is 12.8 Å². The highest BCUT2D eigenvalue weighted by Crippen LogP contribution is 2.33. The summed E-state index contributed by atoms with van der Waals surface area (Å²) in [4.78, 5) is 0.115. The predicted octanol–water partition coefficient (Wildman–Crippen LogP) is 3.50. The van der Waals surface area contributed by atoms with Gasteiger partial charge in [-0.1, -0.05) is 6.07 Å². The molecule has 6 heteroatoms. The van der Waals surface area contributed by atoms with Gasteiger partial charge in [-0.3, -0.25) is 0 Å². The van der Waals surface area contributed by atoms with Crippen LogP contribution in [-0.4, -0.2) is 15.5 Å². The second-order valence-electron chi connectivity index (χ2n) is 6.04. The molecule has 3 rings (SSSR count). The minimum Gasteiger partial charge on any atom is -0.497 e. The van der Waals surface area contributed by atoms with Gasteiger partial charge in [0.15, 0.2) is 0 Å². The molecule has 2 aromatic rings. The van der Waals surface area contributed by atoms with Gasteiger partial charge in [0.1, 0.15) is 11.6 Å². The van der Waals surface area contributed by atoms with Crippen molar-refractivity contribution in [3.05, 3.63) is 58.9 Å². The molecule has 0 fully saturated rings. The Morgan fingerprint density at radius 1 is 1.21 bits per heavy atom. The van der Waals surface area contributed by atoms with Crippen molar-refractivity contribution in [2.24, 2.45) is 0 Å². The maximum Gasteiger partial charge on any atom is 0.241 e. The van der Waals surface area contributed by atoms with Gasteiger partial charge >= 0.3 is 0 Å². The fourth-order valence-corrected chi connectivity index (χ4v) is 4.68. The van der Waals surface area contributed by atoms with Gasteiger partial charge in [0.05, 0.1) is 12.0 Å². The number of aryl methyl sites for hydroxylation is 2. The second kappa shape index (κ2) is 6.53. The molecule has 2 aromatic carbocycles. The molecule has 0 amide bonds. The smallest absolute Gasteiger partial charge is 0.241 e. The summed E-state index contributed by atoms with van der Waals surface area (Å²) in [6.45, 7) is 1.59. The largest absolute Gasteiger partial charge is 0.497 e. The maximum absolute atomic E-state index is 13.2. The van der Waals surface area contributed by atoms with Crippen LogP contribution in [0.4, 0.5) is 4.39 Å². The van der Waals surface area contributed by atoms with E-state index in [1.807, 2.05) is 18.2 Å². The standard InChI is InChI=1S/C18H20FNO3S/c1-12-10-14(19)6-9-18(12)24(21,22)20-17-5-3-4-13-11-15(23-2)7-8-16(13)17/h6-11,17,20H,3-5H2,1-2H3/t17-/m0/s1. The van der Waals surface area contributed by atoms with E-state index in [0.717, 1.165) is 36.1 Å². The fraction of sp³-hybridized carbons (Fsp3) is 0.333. The number of benzene rings is 2. The number of halogens is 1. The van der Waals surface area contributed by atoms with Crippen molar-refractivity contribution in [1.82, 2.24) is 4.72 Å². The lowest BCUT2D eigenvalue weighted by molar-refractivity contribution is 0.412. The quantitative estimate of drug-likeness (QED) is 0.919. The molecule has 0 saturated carbocycles. The van der Waals surface area contributed by atoms with Crippen LogP contribution >= 0.6 is 0 Å². The zero-order valence-electron chi connectivity index (χ0n) is 13.7. The lowest BCUT2D eigenvalue weighted by Gasteiger charge is -2.27. The van der Waals surface area contributed by atoms with Crippen LogP contribution in [0.2, 0.25) is 0 Å². The Labute approximate surface area is 141 Å². The molecule has 4 nitrogen and oxygen atoms in total. The summed E-state index contributed by atoms with van der Waals surface area (Å²) < 4.78 is 46.7. The summed E-state index contributed by atoms with van der Waals surface area (Å²) in [7, 11) is -2.10. The molecule has 128 valence electrons. The molecule has 1 aliphatic rings. The number of sulfonamides is 1. The van der Waals surface area contributed by atoms with Crippen molar-refractivity contribution in [2.75, 3.05) is 7.11 Å². The Morgan fingerprint density at radius 2 is 2.00 bits per heavy atom. The fourth-order valence-electron chi connectivity index (χ4n) is 3.21. The summed E-state index contributed by atoms with van der Waals surface area (Å²) in [5.74, 6) is 0.327. The highest BCUT2D eigenvalue weighted by molar-refractivity contribution is 7.89. The first-order valence-corrected chi connectivity index (χ1v) is 9.34. The molecule has 1 N–H and O–H groups in total. The van der Waals surface area contributed by atoms with Crippen molar-refractivity contribution in [3.8, 4) is 5.75 Å². The summed E-state index contributed by atoms with van der Waals surface area (Å²) in [6.07, 6.45) is 2.54. The van der Waals surface area contributed by atoms with Gasteiger partial charge in [-0.05, 0) is 73.2 Å². The molecular formula is C18H20FNO3S. The van der Waals surface area contributed by atoms with Gasteiger partial charge in [-0.15, -0.1) is 0 Å². The van der Waals surface area contributed by atoms with Gasteiger partial charge in [0, 0.05) is 6.04 Å². The zero-order valence-corrected chi connectivity index (χ0v) is 14.5. The van der Waals surface area contributed by atoms with E-state index < -0.39 is 15.8 Å². The third-order valence-corrected chi connectivity index (χ3v) is 6.02. The molecule has 0 bridgehead atoms. The Balaban J connectivity index is 1.92. The number of rotatable bonds is 4. The Kier molecular flexibility index (Phi) is 4.60. The summed E-state index contributed by atoms with van der Waals surface area (Å²) >= 11 is 0. The molecule has 24 heavy (non-hydrogen) atoms. The Bertz CT molecular complexity index is 865. The van der Waals surface area contributed by atoms with E-state index in [2.05, 4.69) is 4.72 Å². The number of fused-ring (bicyclic) bond motifs is 1. The maximum atomic E-state index is 13.2. The van der Waals surface area contributed by atoms with Crippen LogP contribution in [0.5, 0.6) is 5.75 Å². The first-order chi connectivity index (χ1) is 11.4. The number of hydrogen-bond donors (Lipinski definition) is 1.